The van der Waals surface area contributed by atoms with Gasteiger partial charge in [0.1, 0.15) is 0 Å². The fraction of sp³-hybridized carbons (Fsp3) is 0.538. The zero-order valence-electron chi connectivity index (χ0n) is 10.2. The normalized spacial score (nSPS) is 12.9. The molecule has 1 rings (SSSR count). The summed E-state index contributed by atoms with van der Waals surface area (Å²) in [6.45, 7) is 7.54. The van der Waals surface area contributed by atoms with E-state index in [4.69, 9.17) is 5.73 Å². The molecule has 1 aromatic carbocycles. The Labute approximate surface area is 93.1 Å². The Balaban J connectivity index is 2.92. The van der Waals surface area contributed by atoms with Gasteiger partial charge in [-0.1, -0.05) is 32.0 Å². The average Bonchev–Trinajstić information content (AvgIpc) is 2.16. The van der Waals surface area contributed by atoms with Crippen molar-refractivity contribution >= 4 is 5.69 Å². The lowest BCUT2D eigenvalue weighted by atomic mass is 10.1. The van der Waals surface area contributed by atoms with Crippen LogP contribution in [-0.2, 0) is 0 Å². The van der Waals surface area contributed by atoms with Crippen molar-refractivity contribution in [2.24, 2.45) is 11.7 Å². The summed E-state index contributed by atoms with van der Waals surface area (Å²) in [7, 11) is 2.13. The second-order valence-corrected chi connectivity index (χ2v) is 4.62. The summed E-state index contributed by atoms with van der Waals surface area (Å²) in [5.41, 5.74) is 8.43. The van der Waals surface area contributed by atoms with Crippen LogP contribution >= 0.6 is 0 Å². The van der Waals surface area contributed by atoms with Crippen molar-refractivity contribution in [3.63, 3.8) is 0 Å². The minimum atomic E-state index is 0.0933. The van der Waals surface area contributed by atoms with E-state index in [1.54, 1.807) is 0 Å². The van der Waals surface area contributed by atoms with Gasteiger partial charge in [0.15, 0.2) is 0 Å². The molecule has 0 spiro atoms. The molecule has 0 heterocycles. The molecule has 1 aromatic rings. The monoisotopic (exact) mass is 206 g/mol. The van der Waals surface area contributed by atoms with Gasteiger partial charge in [0.25, 0.3) is 0 Å². The van der Waals surface area contributed by atoms with E-state index in [1.165, 1.54) is 11.3 Å². The fourth-order valence-corrected chi connectivity index (χ4v) is 1.87. The van der Waals surface area contributed by atoms with Crippen LogP contribution in [0.15, 0.2) is 24.3 Å². The second-order valence-electron chi connectivity index (χ2n) is 4.62. The summed E-state index contributed by atoms with van der Waals surface area (Å²) in [5, 5.41) is 0. The first kappa shape index (κ1) is 12.1. The first-order valence-electron chi connectivity index (χ1n) is 5.58. The smallest absolute Gasteiger partial charge is 0.0412 e. The molecule has 1 unspecified atom stereocenters. The van der Waals surface area contributed by atoms with Crippen LogP contribution in [-0.4, -0.2) is 13.6 Å². The number of benzene rings is 1. The van der Waals surface area contributed by atoms with Crippen molar-refractivity contribution in [1.29, 1.82) is 0 Å². The Bertz CT molecular complexity index is 305. The van der Waals surface area contributed by atoms with E-state index >= 15 is 0 Å². The molecule has 2 nitrogen and oxygen atoms in total. The number of anilines is 1. The first-order chi connectivity index (χ1) is 7.02. The van der Waals surface area contributed by atoms with Gasteiger partial charge in [-0.05, 0) is 24.5 Å². The molecule has 0 amide bonds. The topological polar surface area (TPSA) is 29.3 Å². The van der Waals surface area contributed by atoms with Crippen molar-refractivity contribution in [3.8, 4) is 0 Å². The highest BCUT2D eigenvalue weighted by molar-refractivity contribution is 5.54. The number of hydrogen-bond acceptors (Lipinski definition) is 2. The molecule has 0 aliphatic heterocycles. The minimum absolute atomic E-state index is 0.0933. The quantitative estimate of drug-likeness (QED) is 0.820. The van der Waals surface area contributed by atoms with Crippen molar-refractivity contribution < 1.29 is 0 Å². The summed E-state index contributed by atoms with van der Waals surface area (Å²) in [5.74, 6) is 0.663. The average molecular weight is 206 g/mol. The summed E-state index contributed by atoms with van der Waals surface area (Å²) in [6.07, 6.45) is 0. The SMILES string of the molecule is CC(C)CN(C)c1ccccc1C(C)N. The van der Waals surface area contributed by atoms with E-state index in [-0.39, 0.29) is 6.04 Å². The van der Waals surface area contributed by atoms with Gasteiger partial charge in [-0.15, -0.1) is 0 Å². The Hall–Kier alpha value is -1.02. The van der Waals surface area contributed by atoms with Gasteiger partial charge in [0.05, 0.1) is 0 Å². The second kappa shape index (κ2) is 5.17. The van der Waals surface area contributed by atoms with Crippen molar-refractivity contribution in [3.05, 3.63) is 29.8 Å². The maximum atomic E-state index is 5.96. The van der Waals surface area contributed by atoms with E-state index in [0.29, 0.717) is 5.92 Å². The highest BCUT2D eigenvalue weighted by Crippen LogP contribution is 2.24. The van der Waals surface area contributed by atoms with Crippen LogP contribution in [0.1, 0.15) is 32.4 Å². The van der Waals surface area contributed by atoms with Gasteiger partial charge in [-0.25, -0.2) is 0 Å². The molecule has 0 aliphatic carbocycles. The summed E-state index contributed by atoms with van der Waals surface area (Å²) < 4.78 is 0. The van der Waals surface area contributed by atoms with Gasteiger partial charge in [-0.3, -0.25) is 0 Å². The third kappa shape index (κ3) is 3.24. The Morgan fingerprint density at radius 2 is 1.80 bits per heavy atom. The minimum Gasteiger partial charge on any atom is -0.374 e. The highest BCUT2D eigenvalue weighted by atomic mass is 15.1. The summed E-state index contributed by atoms with van der Waals surface area (Å²) >= 11 is 0. The van der Waals surface area contributed by atoms with Gasteiger partial charge in [-0.2, -0.15) is 0 Å². The maximum absolute atomic E-state index is 5.96. The molecule has 15 heavy (non-hydrogen) atoms. The summed E-state index contributed by atoms with van der Waals surface area (Å²) in [4.78, 5) is 2.28. The van der Waals surface area contributed by atoms with Gasteiger partial charge >= 0.3 is 0 Å². The zero-order chi connectivity index (χ0) is 11.4. The molecule has 0 saturated heterocycles. The van der Waals surface area contributed by atoms with Crippen LogP contribution in [0, 0.1) is 5.92 Å². The third-order valence-corrected chi connectivity index (χ3v) is 2.48. The highest BCUT2D eigenvalue weighted by Gasteiger charge is 2.10. The molecule has 0 radical (unpaired) electrons. The van der Waals surface area contributed by atoms with E-state index in [0.717, 1.165) is 6.54 Å². The van der Waals surface area contributed by atoms with Crippen molar-refractivity contribution in [2.75, 3.05) is 18.5 Å². The largest absolute Gasteiger partial charge is 0.374 e. The van der Waals surface area contributed by atoms with Crippen LogP contribution in [0.25, 0.3) is 0 Å². The fourth-order valence-electron chi connectivity index (χ4n) is 1.87. The third-order valence-electron chi connectivity index (χ3n) is 2.48. The lowest BCUT2D eigenvalue weighted by Gasteiger charge is -2.25. The molecular weight excluding hydrogens is 184 g/mol. The van der Waals surface area contributed by atoms with Crippen LogP contribution in [0.5, 0.6) is 0 Å². The van der Waals surface area contributed by atoms with E-state index in [9.17, 15) is 0 Å². The Morgan fingerprint density at radius 1 is 1.20 bits per heavy atom. The molecule has 0 aromatic heterocycles. The van der Waals surface area contributed by atoms with Gasteiger partial charge < -0.3 is 10.6 Å². The van der Waals surface area contributed by atoms with Gasteiger partial charge in [0.2, 0.25) is 0 Å². The predicted octanol–water partition coefficient (Wildman–Crippen LogP) is 2.80. The van der Waals surface area contributed by atoms with E-state index < -0.39 is 0 Å². The van der Waals surface area contributed by atoms with Gasteiger partial charge in [0, 0.05) is 25.3 Å². The van der Waals surface area contributed by atoms with Crippen LogP contribution in [0.2, 0.25) is 0 Å². The van der Waals surface area contributed by atoms with Crippen LogP contribution in [0.3, 0.4) is 0 Å². The van der Waals surface area contributed by atoms with Crippen molar-refractivity contribution in [1.82, 2.24) is 0 Å². The molecule has 2 N–H and O–H groups in total. The molecular formula is C13H22N2. The lowest BCUT2D eigenvalue weighted by molar-refractivity contribution is 0.635. The number of nitrogens with zero attached hydrogens (tertiary/aromatic N) is 1. The maximum Gasteiger partial charge on any atom is 0.0412 e. The molecule has 0 saturated carbocycles. The van der Waals surface area contributed by atoms with E-state index in [2.05, 4.69) is 44.0 Å². The number of nitrogens with two attached hydrogens (primary N) is 1. The van der Waals surface area contributed by atoms with E-state index in [1.807, 2.05) is 13.0 Å². The molecule has 0 fully saturated rings. The Morgan fingerprint density at radius 3 is 2.33 bits per heavy atom. The zero-order valence-corrected chi connectivity index (χ0v) is 10.2. The van der Waals surface area contributed by atoms with Crippen LogP contribution < -0.4 is 10.6 Å². The number of para-hydroxylation sites is 1. The number of rotatable bonds is 4. The lowest BCUT2D eigenvalue weighted by Crippen LogP contribution is -2.24. The van der Waals surface area contributed by atoms with Crippen molar-refractivity contribution in [2.45, 2.75) is 26.8 Å². The summed E-state index contributed by atoms with van der Waals surface area (Å²) in [6, 6.07) is 8.46. The molecule has 0 aliphatic rings. The van der Waals surface area contributed by atoms with Crippen LogP contribution in [0.4, 0.5) is 5.69 Å². The standard InChI is InChI=1S/C13H22N2/c1-10(2)9-15(4)13-8-6-5-7-12(13)11(3)14/h5-8,10-11H,9,14H2,1-4H3. The molecule has 0 bridgehead atoms. The molecule has 1 atom stereocenters. The number of hydrogen-bond donors (Lipinski definition) is 1. The molecule has 84 valence electrons. The first-order valence-corrected chi connectivity index (χ1v) is 5.58. The molecule has 2 heteroatoms. The Kier molecular flexibility index (Phi) is 4.15. The predicted molar refractivity (Wildman–Crippen MR) is 67.2 cm³/mol.